The van der Waals surface area contributed by atoms with Crippen molar-refractivity contribution < 1.29 is 9.84 Å². The summed E-state index contributed by atoms with van der Waals surface area (Å²) in [7, 11) is 1.64. The van der Waals surface area contributed by atoms with Gasteiger partial charge in [0.15, 0.2) is 0 Å². The van der Waals surface area contributed by atoms with Gasteiger partial charge in [0.25, 0.3) is 0 Å². The molecule has 3 nitrogen and oxygen atoms in total. The van der Waals surface area contributed by atoms with Crippen LogP contribution < -0.4 is 0 Å². The highest BCUT2D eigenvalue weighted by atomic mass is 16.5. The Balaban J connectivity index is 2.39. The highest BCUT2D eigenvalue weighted by Crippen LogP contribution is 2.42. The minimum atomic E-state index is -0.801. The van der Waals surface area contributed by atoms with Gasteiger partial charge in [0.1, 0.15) is 5.41 Å². The summed E-state index contributed by atoms with van der Waals surface area (Å²) in [5.41, 5.74) is 0.947. The van der Waals surface area contributed by atoms with Gasteiger partial charge in [-0.3, -0.25) is 0 Å². The molecule has 0 radical (unpaired) electrons. The summed E-state index contributed by atoms with van der Waals surface area (Å²) in [6.45, 7) is 3.88. The molecule has 108 valence electrons. The fraction of sp³-hybridized carbons (Fsp3) is 0.588. The van der Waals surface area contributed by atoms with E-state index in [0.29, 0.717) is 12.8 Å². The van der Waals surface area contributed by atoms with E-state index in [9.17, 15) is 10.4 Å². The predicted octanol–water partition coefficient (Wildman–Crippen LogP) is 2.96. The quantitative estimate of drug-likeness (QED) is 0.917. The van der Waals surface area contributed by atoms with Crippen molar-refractivity contribution in [1.82, 2.24) is 0 Å². The summed E-state index contributed by atoms with van der Waals surface area (Å²) in [6.07, 6.45) is 2.37. The van der Waals surface area contributed by atoms with Gasteiger partial charge in [-0.1, -0.05) is 24.3 Å². The number of rotatable bonds is 4. The third kappa shape index (κ3) is 2.59. The van der Waals surface area contributed by atoms with Crippen LogP contribution in [0.3, 0.4) is 0 Å². The van der Waals surface area contributed by atoms with Gasteiger partial charge in [-0.05, 0) is 44.2 Å². The number of fused-ring (bicyclic) bond motifs is 1. The zero-order chi connectivity index (χ0) is 14.8. The maximum atomic E-state index is 10.7. The third-order valence-electron chi connectivity index (χ3n) is 4.52. The summed E-state index contributed by atoms with van der Waals surface area (Å²) in [5, 5.41) is 20.5. The van der Waals surface area contributed by atoms with Crippen molar-refractivity contribution in [1.29, 1.82) is 5.26 Å². The van der Waals surface area contributed by atoms with Gasteiger partial charge in [0, 0.05) is 13.5 Å². The second kappa shape index (κ2) is 5.55. The van der Waals surface area contributed by atoms with Crippen molar-refractivity contribution in [2.75, 3.05) is 7.11 Å². The molecule has 0 aliphatic heterocycles. The van der Waals surface area contributed by atoms with Crippen molar-refractivity contribution in [3.05, 3.63) is 35.4 Å². The molecule has 3 heteroatoms. The van der Waals surface area contributed by atoms with Gasteiger partial charge in [0.05, 0.1) is 17.8 Å². The molecular weight excluding hydrogens is 250 g/mol. The fourth-order valence-electron chi connectivity index (χ4n) is 3.13. The van der Waals surface area contributed by atoms with E-state index < -0.39 is 17.1 Å². The minimum Gasteiger partial charge on any atom is -0.391 e. The lowest BCUT2D eigenvalue weighted by molar-refractivity contribution is -0.0360. The average Bonchev–Trinajstić information content (AvgIpc) is 2.46. The smallest absolute Gasteiger partial charge is 0.108 e. The number of aliphatic hydroxyl groups is 1. The molecule has 2 unspecified atom stereocenters. The predicted molar refractivity (Wildman–Crippen MR) is 78.4 cm³/mol. The first kappa shape index (κ1) is 15.0. The van der Waals surface area contributed by atoms with Gasteiger partial charge >= 0.3 is 0 Å². The average molecular weight is 273 g/mol. The summed E-state index contributed by atoms with van der Waals surface area (Å²) >= 11 is 0. The lowest BCUT2D eigenvalue weighted by atomic mass is 9.66. The Bertz CT molecular complexity index is 518. The molecule has 2 atom stereocenters. The Morgan fingerprint density at radius 3 is 2.80 bits per heavy atom. The van der Waals surface area contributed by atoms with Crippen LogP contribution in [-0.2, 0) is 16.6 Å². The maximum Gasteiger partial charge on any atom is 0.108 e. The summed E-state index contributed by atoms with van der Waals surface area (Å²) < 4.78 is 5.41. The number of nitrogens with zero attached hydrogens (tertiary/aromatic N) is 1. The number of hydrogen-bond acceptors (Lipinski definition) is 3. The van der Waals surface area contributed by atoms with Gasteiger partial charge in [-0.25, -0.2) is 0 Å². The first-order valence-electron chi connectivity index (χ1n) is 7.18. The molecule has 20 heavy (non-hydrogen) atoms. The van der Waals surface area contributed by atoms with E-state index in [4.69, 9.17) is 4.74 Å². The van der Waals surface area contributed by atoms with Crippen LogP contribution in [0.15, 0.2) is 24.3 Å². The lowest BCUT2D eigenvalue weighted by Crippen LogP contribution is -2.45. The highest BCUT2D eigenvalue weighted by molar-refractivity contribution is 5.43. The number of benzene rings is 1. The molecule has 2 rings (SSSR count). The van der Waals surface area contributed by atoms with Crippen LogP contribution in [0.25, 0.3) is 0 Å². The van der Waals surface area contributed by atoms with Crippen LogP contribution in [0.1, 0.15) is 44.2 Å². The molecule has 1 N–H and O–H groups in total. The topological polar surface area (TPSA) is 53.2 Å². The Morgan fingerprint density at radius 2 is 2.15 bits per heavy atom. The number of hydrogen-bond donors (Lipinski definition) is 1. The van der Waals surface area contributed by atoms with Gasteiger partial charge in [-0.15, -0.1) is 0 Å². The van der Waals surface area contributed by atoms with Gasteiger partial charge in [-0.2, -0.15) is 5.26 Å². The molecule has 0 saturated heterocycles. The number of methoxy groups -OCH3 is 1. The van der Waals surface area contributed by atoms with Crippen molar-refractivity contribution >= 4 is 0 Å². The highest BCUT2D eigenvalue weighted by Gasteiger charge is 2.44. The Kier molecular flexibility index (Phi) is 4.17. The zero-order valence-corrected chi connectivity index (χ0v) is 12.5. The molecule has 0 heterocycles. The van der Waals surface area contributed by atoms with Gasteiger partial charge < -0.3 is 9.84 Å². The normalized spacial score (nSPS) is 23.8. The fourth-order valence-corrected chi connectivity index (χ4v) is 3.13. The van der Waals surface area contributed by atoms with Gasteiger partial charge in [0.2, 0.25) is 0 Å². The Hall–Kier alpha value is -1.37. The lowest BCUT2D eigenvalue weighted by Gasteiger charge is -2.39. The molecule has 1 aliphatic rings. The van der Waals surface area contributed by atoms with E-state index in [2.05, 4.69) is 12.1 Å². The van der Waals surface area contributed by atoms with Crippen LogP contribution in [0, 0.1) is 11.3 Å². The molecule has 0 saturated carbocycles. The number of ether oxygens (including phenoxy) is 1. The van der Waals surface area contributed by atoms with E-state index >= 15 is 0 Å². The van der Waals surface area contributed by atoms with E-state index in [1.165, 1.54) is 5.56 Å². The number of aryl methyl sites for hydroxylation is 1. The SMILES string of the molecule is COC(C)(C)CC(O)C1(C#N)CCCc2ccccc21. The minimum absolute atomic E-state index is 0.435. The standard InChI is InChI=1S/C17H23NO2/c1-16(2,20-3)11-15(19)17(12-18)10-6-8-13-7-4-5-9-14(13)17/h4-5,7,9,15,19H,6,8,10-11H2,1-3H3. The van der Waals surface area contributed by atoms with Crippen LogP contribution in [-0.4, -0.2) is 23.9 Å². The summed E-state index contributed by atoms with van der Waals surface area (Å²) in [6, 6.07) is 10.4. The molecule has 1 aliphatic carbocycles. The summed E-state index contributed by atoms with van der Waals surface area (Å²) in [4.78, 5) is 0. The Morgan fingerprint density at radius 1 is 1.45 bits per heavy atom. The second-order valence-corrected chi connectivity index (χ2v) is 6.28. The van der Waals surface area contributed by atoms with E-state index in [1.54, 1.807) is 7.11 Å². The monoisotopic (exact) mass is 273 g/mol. The Labute approximate surface area is 121 Å². The molecule has 0 amide bonds. The molecule has 1 aromatic carbocycles. The molecule has 1 aromatic rings. The number of nitriles is 1. The van der Waals surface area contributed by atoms with Crippen molar-refractivity contribution in [2.24, 2.45) is 0 Å². The van der Waals surface area contributed by atoms with E-state index in [0.717, 1.165) is 18.4 Å². The number of aliphatic hydroxyl groups excluding tert-OH is 1. The zero-order valence-electron chi connectivity index (χ0n) is 12.5. The van der Waals surface area contributed by atoms with Crippen molar-refractivity contribution in [3.8, 4) is 6.07 Å². The molecular formula is C17H23NO2. The van der Waals surface area contributed by atoms with E-state index in [-0.39, 0.29) is 0 Å². The molecule has 0 aromatic heterocycles. The van der Waals surface area contributed by atoms with Crippen molar-refractivity contribution in [3.63, 3.8) is 0 Å². The van der Waals surface area contributed by atoms with Crippen LogP contribution in [0.2, 0.25) is 0 Å². The molecule has 0 bridgehead atoms. The van der Waals surface area contributed by atoms with Crippen LogP contribution in [0.4, 0.5) is 0 Å². The van der Waals surface area contributed by atoms with Crippen LogP contribution in [0.5, 0.6) is 0 Å². The largest absolute Gasteiger partial charge is 0.391 e. The maximum absolute atomic E-state index is 10.7. The van der Waals surface area contributed by atoms with Crippen LogP contribution >= 0.6 is 0 Å². The first-order chi connectivity index (χ1) is 9.45. The van der Waals surface area contributed by atoms with Crippen molar-refractivity contribution in [2.45, 2.75) is 56.7 Å². The summed E-state index contributed by atoms with van der Waals surface area (Å²) in [5.74, 6) is 0. The van der Waals surface area contributed by atoms with E-state index in [1.807, 2.05) is 32.0 Å². The third-order valence-corrected chi connectivity index (χ3v) is 4.52. The first-order valence-corrected chi connectivity index (χ1v) is 7.18. The molecule has 0 spiro atoms. The molecule has 0 fully saturated rings. The second-order valence-electron chi connectivity index (χ2n) is 6.28.